The minimum absolute atomic E-state index is 0.129. The quantitative estimate of drug-likeness (QED) is 0.611. The van der Waals surface area contributed by atoms with Crippen molar-refractivity contribution < 1.29 is 9.26 Å². The van der Waals surface area contributed by atoms with E-state index in [2.05, 4.69) is 56.3 Å². The average Bonchev–Trinajstić information content (AvgIpc) is 3.21. The third-order valence-electron chi connectivity index (χ3n) is 5.58. The fraction of sp³-hybridized carbons (Fsp3) is 0.391. The number of piperazine rings is 1. The normalized spacial score (nSPS) is 16.0. The second-order valence-corrected chi connectivity index (χ2v) is 7.43. The Balaban J connectivity index is 1.38. The second-order valence-electron chi connectivity index (χ2n) is 7.43. The smallest absolute Gasteiger partial charge is 0.234 e. The van der Waals surface area contributed by atoms with E-state index in [0.29, 0.717) is 11.7 Å². The molecule has 152 valence electrons. The standard InChI is InChI=1S/C23H28N4O2/c1-18-24-23(29-25-18)20(19-8-4-3-5-9-19)12-13-26-14-16-27(17-15-26)21-10-6-7-11-22(21)28-2/h3-11,20H,12-17H2,1-2H3. The molecule has 1 fully saturated rings. The highest BCUT2D eigenvalue weighted by atomic mass is 16.5. The Morgan fingerprint density at radius 3 is 2.41 bits per heavy atom. The molecular weight excluding hydrogens is 364 g/mol. The highest BCUT2D eigenvalue weighted by molar-refractivity contribution is 5.58. The predicted octanol–water partition coefficient (Wildman–Crippen LogP) is 3.73. The second kappa shape index (κ2) is 9.09. The summed E-state index contributed by atoms with van der Waals surface area (Å²) in [5.74, 6) is 2.47. The Kier molecular flexibility index (Phi) is 6.10. The van der Waals surface area contributed by atoms with Gasteiger partial charge in [0.25, 0.3) is 0 Å². The van der Waals surface area contributed by atoms with Crippen LogP contribution < -0.4 is 9.64 Å². The van der Waals surface area contributed by atoms with E-state index in [9.17, 15) is 0 Å². The van der Waals surface area contributed by atoms with Crippen LogP contribution in [0.4, 0.5) is 5.69 Å². The SMILES string of the molecule is COc1ccccc1N1CCN(CCC(c2ccccc2)c2nc(C)no2)CC1. The molecule has 0 amide bonds. The molecule has 2 heterocycles. The molecule has 29 heavy (non-hydrogen) atoms. The van der Waals surface area contributed by atoms with E-state index < -0.39 is 0 Å². The highest BCUT2D eigenvalue weighted by Crippen LogP contribution is 2.30. The fourth-order valence-electron chi connectivity index (χ4n) is 3.99. The monoisotopic (exact) mass is 392 g/mol. The van der Waals surface area contributed by atoms with E-state index in [0.717, 1.165) is 44.9 Å². The highest BCUT2D eigenvalue weighted by Gasteiger charge is 2.24. The summed E-state index contributed by atoms with van der Waals surface area (Å²) < 4.78 is 11.0. The van der Waals surface area contributed by atoms with Crippen molar-refractivity contribution in [3.8, 4) is 5.75 Å². The van der Waals surface area contributed by atoms with E-state index in [1.807, 2.05) is 25.1 Å². The number of benzene rings is 2. The van der Waals surface area contributed by atoms with Crippen molar-refractivity contribution in [2.24, 2.45) is 0 Å². The van der Waals surface area contributed by atoms with E-state index in [-0.39, 0.29) is 5.92 Å². The Bertz CT molecular complexity index is 904. The summed E-state index contributed by atoms with van der Waals surface area (Å²) in [6, 6.07) is 18.7. The molecular formula is C23H28N4O2. The van der Waals surface area contributed by atoms with E-state index in [4.69, 9.17) is 9.26 Å². The van der Waals surface area contributed by atoms with E-state index in [1.54, 1.807) is 7.11 Å². The summed E-state index contributed by atoms with van der Waals surface area (Å²) in [5.41, 5.74) is 2.40. The molecule has 0 aliphatic carbocycles. The van der Waals surface area contributed by atoms with Crippen molar-refractivity contribution in [2.75, 3.05) is 44.7 Å². The Morgan fingerprint density at radius 1 is 1.00 bits per heavy atom. The van der Waals surface area contributed by atoms with Crippen LogP contribution in [0.1, 0.15) is 29.6 Å². The minimum atomic E-state index is 0.129. The lowest BCUT2D eigenvalue weighted by molar-refractivity contribution is 0.244. The number of aromatic nitrogens is 2. The van der Waals surface area contributed by atoms with Crippen LogP contribution in [0.5, 0.6) is 5.75 Å². The van der Waals surface area contributed by atoms with Gasteiger partial charge in [-0.1, -0.05) is 47.6 Å². The summed E-state index contributed by atoms with van der Waals surface area (Å²) in [6.07, 6.45) is 0.959. The van der Waals surface area contributed by atoms with Crippen molar-refractivity contribution in [1.29, 1.82) is 0 Å². The molecule has 1 atom stereocenters. The third-order valence-corrected chi connectivity index (χ3v) is 5.58. The number of anilines is 1. The lowest BCUT2D eigenvalue weighted by Crippen LogP contribution is -2.47. The van der Waals surface area contributed by atoms with Crippen molar-refractivity contribution in [1.82, 2.24) is 15.0 Å². The van der Waals surface area contributed by atoms with Gasteiger partial charge in [0.1, 0.15) is 5.75 Å². The zero-order valence-electron chi connectivity index (χ0n) is 17.1. The molecule has 1 aliphatic heterocycles. The molecule has 0 saturated carbocycles. The van der Waals surface area contributed by atoms with Crippen LogP contribution in [-0.2, 0) is 0 Å². The van der Waals surface area contributed by atoms with Gasteiger partial charge in [-0.2, -0.15) is 4.98 Å². The Morgan fingerprint density at radius 2 is 1.72 bits per heavy atom. The summed E-state index contributed by atoms with van der Waals surface area (Å²) in [4.78, 5) is 9.43. The zero-order chi connectivity index (χ0) is 20.1. The molecule has 1 aliphatic rings. The van der Waals surface area contributed by atoms with Crippen LogP contribution in [0.2, 0.25) is 0 Å². The molecule has 3 aromatic rings. The topological polar surface area (TPSA) is 54.6 Å². The molecule has 1 unspecified atom stereocenters. The first-order valence-electron chi connectivity index (χ1n) is 10.2. The molecule has 0 spiro atoms. The number of nitrogens with zero attached hydrogens (tertiary/aromatic N) is 4. The predicted molar refractivity (Wildman–Crippen MR) is 114 cm³/mol. The maximum Gasteiger partial charge on any atom is 0.234 e. The number of aryl methyl sites for hydroxylation is 1. The maximum absolute atomic E-state index is 5.53. The van der Waals surface area contributed by atoms with Crippen LogP contribution >= 0.6 is 0 Å². The van der Waals surface area contributed by atoms with Crippen molar-refractivity contribution in [2.45, 2.75) is 19.3 Å². The van der Waals surface area contributed by atoms with Crippen LogP contribution in [0.25, 0.3) is 0 Å². The Labute approximate surface area is 172 Å². The molecule has 1 aromatic heterocycles. The van der Waals surface area contributed by atoms with E-state index in [1.165, 1.54) is 11.3 Å². The number of para-hydroxylation sites is 2. The molecule has 6 heteroatoms. The van der Waals surface area contributed by atoms with E-state index >= 15 is 0 Å². The number of hydrogen-bond acceptors (Lipinski definition) is 6. The Hall–Kier alpha value is -2.86. The molecule has 6 nitrogen and oxygen atoms in total. The molecule has 0 N–H and O–H groups in total. The summed E-state index contributed by atoms with van der Waals surface area (Å²) in [6.45, 7) is 6.92. The number of ether oxygens (including phenoxy) is 1. The number of hydrogen-bond donors (Lipinski definition) is 0. The first kappa shape index (κ1) is 19.5. The van der Waals surface area contributed by atoms with Gasteiger partial charge in [-0.3, -0.25) is 4.90 Å². The minimum Gasteiger partial charge on any atom is -0.495 e. The van der Waals surface area contributed by atoms with Gasteiger partial charge >= 0.3 is 0 Å². The maximum atomic E-state index is 5.53. The first-order valence-corrected chi connectivity index (χ1v) is 10.2. The first-order chi connectivity index (χ1) is 14.2. The largest absolute Gasteiger partial charge is 0.495 e. The molecule has 0 radical (unpaired) electrons. The number of rotatable bonds is 7. The van der Waals surface area contributed by atoms with Crippen molar-refractivity contribution in [3.05, 3.63) is 71.9 Å². The van der Waals surface area contributed by atoms with Gasteiger partial charge in [-0.25, -0.2) is 0 Å². The zero-order valence-corrected chi connectivity index (χ0v) is 17.1. The van der Waals surface area contributed by atoms with Crippen LogP contribution in [-0.4, -0.2) is 54.9 Å². The molecule has 2 aromatic carbocycles. The van der Waals surface area contributed by atoms with Gasteiger partial charge in [0.05, 0.1) is 18.7 Å². The fourth-order valence-corrected chi connectivity index (χ4v) is 3.99. The van der Waals surface area contributed by atoms with Crippen LogP contribution in [0, 0.1) is 6.92 Å². The summed E-state index contributed by atoms with van der Waals surface area (Å²) in [7, 11) is 1.73. The summed E-state index contributed by atoms with van der Waals surface area (Å²) >= 11 is 0. The van der Waals surface area contributed by atoms with Gasteiger partial charge in [0, 0.05) is 26.2 Å². The summed E-state index contributed by atoms with van der Waals surface area (Å²) in [5, 5.41) is 4.00. The van der Waals surface area contributed by atoms with Crippen molar-refractivity contribution in [3.63, 3.8) is 0 Å². The van der Waals surface area contributed by atoms with Crippen LogP contribution in [0.3, 0.4) is 0 Å². The van der Waals surface area contributed by atoms with Crippen molar-refractivity contribution >= 4 is 5.69 Å². The van der Waals surface area contributed by atoms with Gasteiger partial charge in [0.15, 0.2) is 5.82 Å². The lowest BCUT2D eigenvalue weighted by atomic mass is 9.95. The van der Waals surface area contributed by atoms with Gasteiger partial charge in [-0.05, 0) is 37.6 Å². The molecule has 4 rings (SSSR count). The average molecular weight is 393 g/mol. The van der Waals surface area contributed by atoms with Crippen LogP contribution in [0.15, 0.2) is 59.1 Å². The molecule has 1 saturated heterocycles. The van der Waals surface area contributed by atoms with Gasteiger partial charge in [-0.15, -0.1) is 0 Å². The number of methoxy groups -OCH3 is 1. The third kappa shape index (κ3) is 4.59. The molecule has 0 bridgehead atoms. The lowest BCUT2D eigenvalue weighted by Gasteiger charge is -2.37. The van der Waals surface area contributed by atoms with Gasteiger partial charge in [0.2, 0.25) is 5.89 Å². The van der Waals surface area contributed by atoms with Gasteiger partial charge < -0.3 is 14.2 Å².